The van der Waals surface area contributed by atoms with E-state index in [1.54, 1.807) is 0 Å². The van der Waals surface area contributed by atoms with E-state index >= 15 is 0 Å². The quantitative estimate of drug-likeness (QED) is 0.802. The molecule has 0 spiro atoms. The van der Waals surface area contributed by atoms with Gasteiger partial charge in [-0.25, -0.2) is 4.79 Å². The molecule has 19 heavy (non-hydrogen) atoms. The van der Waals surface area contributed by atoms with E-state index in [1.807, 2.05) is 25.7 Å². The van der Waals surface area contributed by atoms with Crippen molar-refractivity contribution in [3.63, 3.8) is 0 Å². The van der Waals surface area contributed by atoms with E-state index in [9.17, 15) is 9.59 Å². The Kier molecular flexibility index (Phi) is 2.59. The van der Waals surface area contributed by atoms with Crippen LogP contribution in [0, 0.1) is 0 Å². The van der Waals surface area contributed by atoms with Crippen molar-refractivity contribution in [1.82, 2.24) is 14.7 Å². The fourth-order valence-electron chi connectivity index (χ4n) is 2.45. The smallest absolute Gasteiger partial charge is 0.392 e. The predicted molar refractivity (Wildman–Crippen MR) is 67.9 cm³/mol. The molecule has 6 heteroatoms. The molecule has 1 aliphatic heterocycles. The van der Waals surface area contributed by atoms with Gasteiger partial charge in [-0.1, -0.05) is 20.8 Å². The summed E-state index contributed by atoms with van der Waals surface area (Å²) >= 11 is 0. The van der Waals surface area contributed by atoms with E-state index in [1.165, 1.54) is 4.68 Å². The Hall–Kier alpha value is -1.59. The molecule has 0 aromatic carbocycles. The zero-order valence-corrected chi connectivity index (χ0v) is 11.5. The molecule has 1 aromatic heterocycles. The molecule has 2 heterocycles. The van der Waals surface area contributed by atoms with Gasteiger partial charge in [-0.15, -0.1) is 5.10 Å². The second-order valence-electron chi connectivity index (χ2n) is 6.43. The summed E-state index contributed by atoms with van der Waals surface area (Å²) < 4.78 is 6.40. The summed E-state index contributed by atoms with van der Waals surface area (Å²) in [7, 11) is 0. The average molecular weight is 265 g/mol. The van der Waals surface area contributed by atoms with Crippen LogP contribution in [0.1, 0.15) is 52.0 Å². The molecule has 1 aliphatic carbocycles. The van der Waals surface area contributed by atoms with Gasteiger partial charge >= 0.3 is 5.76 Å². The molecule has 1 saturated carbocycles. The Balaban J connectivity index is 1.89. The zero-order chi connectivity index (χ0) is 13.8. The van der Waals surface area contributed by atoms with Gasteiger partial charge in [0.15, 0.2) is 0 Å². The van der Waals surface area contributed by atoms with Crippen molar-refractivity contribution in [3.8, 4) is 0 Å². The summed E-state index contributed by atoms with van der Waals surface area (Å²) in [6.07, 6.45) is 2.81. The molecule has 0 radical (unpaired) electrons. The topological polar surface area (TPSA) is 68.3 Å². The maximum atomic E-state index is 12.3. The Morgan fingerprint density at radius 2 is 1.89 bits per heavy atom. The molecular formula is C13H19N3O3. The van der Waals surface area contributed by atoms with Gasteiger partial charge in [0.25, 0.3) is 0 Å². The van der Waals surface area contributed by atoms with E-state index in [-0.39, 0.29) is 11.3 Å². The molecule has 1 saturated heterocycles. The van der Waals surface area contributed by atoms with E-state index in [4.69, 9.17) is 4.42 Å². The highest BCUT2D eigenvalue weighted by Crippen LogP contribution is 2.34. The summed E-state index contributed by atoms with van der Waals surface area (Å²) in [5.74, 6) is -0.130. The molecule has 104 valence electrons. The molecule has 2 fully saturated rings. The zero-order valence-electron chi connectivity index (χ0n) is 11.5. The van der Waals surface area contributed by atoms with Crippen LogP contribution in [0.2, 0.25) is 0 Å². The Labute approximate surface area is 111 Å². The first-order valence-electron chi connectivity index (χ1n) is 6.78. The second kappa shape index (κ2) is 3.95. The Morgan fingerprint density at radius 3 is 2.42 bits per heavy atom. The average Bonchev–Trinajstić information content (AvgIpc) is 2.97. The molecule has 1 amide bonds. The number of carbonyl (C=O) groups is 1. The lowest BCUT2D eigenvalue weighted by Gasteiger charge is -2.15. The van der Waals surface area contributed by atoms with Crippen LogP contribution in [-0.4, -0.2) is 33.2 Å². The van der Waals surface area contributed by atoms with Crippen LogP contribution in [0.15, 0.2) is 9.21 Å². The molecule has 3 rings (SSSR count). The molecule has 0 bridgehead atoms. The molecule has 0 unspecified atom stereocenters. The Bertz CT molecular complexity index is 562. The van der Waals surface area contributed by atoms with Crippen LogP contribution in [0.5, 0.6) is 0 Å². The normalized spacial score (nSPS) is 24.3. The van der Waals surface area contributed by atoms with E-state index in [2.05, 4.69) is 5.10 Å². The maximum absolute atomic E-state index is 12.3. The number of carbonyl (C=O) groups excluding carboxylic acids is 1. The molecule has 2 aliphatic rings. The van der Waals surface area contributed by atoms with Gasteiger partial charge in [-0.3, -0.25) is 4.79 Å². The van der Waals surface area contributed by atoms with Crippen molar-refractivity contribution >= 4 is 5.91 Å². The molecule has 6 nitrogen and oxygen atoms in total. The maximum Gasteiger partial charge on any atom is 0.437 e. The number of hydrogen-bond acceptors (Lipinski definition) is 4. The van der Waals surface area contributed by atoms with Crippen LogP contribution >= 0.6 is 0 Å². The number of hydrogen-bond donors (Lipinski definition) is 0. The fourth-order valence-corrected chi connectivity index (χ4v) is 2.45. The summed E-state index contributed by atoms with van der Waals surface area (Å²) in [5, 5.41) is 4.22. The largest absolute Gasteiger partial charge is 0.437 e. The first-order valence-corrected chi connectivity index (χ1v) is 6.78. The lowest BCUT2D eigenvalue weighted by Crippen LogP contribution is -2.33. The van der Waals surface area contributed by atoms with Crippen molar-refractivity contribution in [2.75, 3.05) is 6.54 Å². The van der Waals surface area contributed by atoms with Crippen molar-refractivity contribution in [2.24, 2.45) is 0 Å². The number of amides is 1. The van der Waals surface area contributed by atoms with Crippen molar-refractivity contribution in [1.29, 1.82) is 0 Å². The third-order valence-corrected chi connectivity index (χ3v) is 3.71. The summed E-state index contributed by atoms with van der Waals surface area (Å²) in [6, 6.07) is -0.0878. The van der Waals surface area contributed by atoms with Crippen LogP contribution in [0.4, 0.5) is 0 Å². The minimum atomic E-state index is -0.527. The SMILES string of the molecule is CC(C)(C)c1nn([C@@H]2CCN(C3CC3)C2=O)c(=O)o1. The summed E-state index contributed by atoms with van der Waals surface area (Å²) in [6.45, 7) is 6.50. The highest BCUT2D eigenvalue weighted by Gasteiger charge is 2.42. The number of nitrogens with zero attached hydrogens (tertiary/aromatic N) is 3. The van der Waals surface area contributed by atoms with Gasteiger partial charge in [0, 0.05) is 18.0 Å². The van der Waals surface area contributed by atoms with Crippen molar-refractivity contribution < 1.29 is 9.21 Å². The van der Waals surface area contributed by atoms with Gasteiger partial charge in [0.1, 0.15) is 6.04 Å². The fraction of sp³-hybridized carbons (Fsp3) is 0.769. The number of aromatic nitrogens is 2. The standard InChI is InChI=1S/C13H19N3O3/c1-13(2,3)11-14-16(12(18)19-11)9-6-7-15(10(9)17)8-4-5-8/h8-9H,4-7H2,1-3H3/t9-/m1/s1. The summed E-state index contributed by atoms with van der Waals surface area (Å²) in [4.78, 5) is 26.0. The van der Waals surface area contributed by atoms with Gasteiger partial charge in [-0.05, 0) is 19.3 Å². The lowest BCUT2D eigenvalue weighted by molar-refractivity contribution is -0.131. The van der Waals surface area contributed by atoms with E-state index in [0.29, 0.717) is 18.4 Å². The third kappa shape index (κ3) is 2.09. The first-order chi connectivity index (χ1) is 8.88. The van der Waals surface area contributed by atoms with E-state index < -0.39 is 11.8 Å². The molecule has 0 N–H and O–H groups in total. The molecular weight excluding hydrogens is 246 g/mol. The Morgan fingerprint density at radius 1 is 1.21 bits per heavy atom. The lowest BCUT2D eigenvalue weighted by atomic mass is 9.97. The molecule has 1 aromatic rings. The first kappa shape index (κ1) is 12.4. The minimum absolute atomic E-state index is 0.0124. The van der Waals surface area contributed by atoms with E-state index in [0.717, 1.165) is 19.4 Å². The molecule has 1 atom stereocenters. The highest BCUT2D eigenvalue weighted by molar-refractivity contribution is 5.83. The van der Waals surface area contributed by atoms with Crippen LogP contribution in [0.25, 0.3) is 0 Å². The number of rotatable bonds is 2. The van der Waals surface area contributed by atoms with Crippen molar-refractivity contribution in [3.05, 3.63) is 16.4 Å². The number of likely N-dealkylation sites (tertiary alicyclic amines) is 1. The van der Waals surface area contributed by atoms with Gasteiger partial charge in [-0.2, -0.15) is 4.68 Å². The van der Waals surface area contributed by atoms with Crippen LogP contribution in [0.3, 0.4) is 0 Å². The predicted octanol–water partition coefficient (Wildman–Crippen LogP) is 1.07. The van der Waals surface area contributed by atoms with Gasteiger partial charge in [0.2, 0.25) is 11.8 Å². The van der Waals surface area contributed by atoms with Gasteiger partial charge in [0.05, 0.1) is 0 Å². The monoisotopic (exact) mass is 265 g/mol. The van der Waals surface area contributed by atoms with Gasteiger partial charge < -0.3 is 9.32 Å². The minimum Gasteiger partial charge on any atom is -0.392 e. The van der Waals surface area contributed by atoms with Crippen molar-refractivity contribution in [2.45, 2.75) is 57.5 Å². The van der Waals surface area contributed by atoms with Crippen LogP contribution < -0.4 is 5.76 Å². The second-order valence-corrected chi connectivity index (χ2v) is 6.43. The summed E-state index contributed by atoms with van der Waals surface area (Å²) in [5.41, 5.74) is -0.331. The third-order valence-electron chi connectivity index (χ3n) is 3.71. The highest BCUT2D eigenvalue weighted by atomic mass is 16.4. The van der Waals surface area contributed by atoms with Crippen LogP contribution in [-0.2, 0) is 10.2 Å².